The highest BCUT2D eigenvalue weighted by Gasteiger charge is 2.22. The average Bonchev–Trinajstić information content (AvgIpc) is 2.88. The van der Waals surface area contributed by atoms with Crippen molar-refractivity contribution in [3.63, 3.8) is 0 Å². The molecule has 0 unspecified atom stereocenters. The number of benzene rings is 1. The Hall–Kier alpha value is -2.64. The van der Waals surface area contributed by atoms with Crippen molar-refractivity contribution in [1.82, 2.24) is 15.1 Å². The van der Waals surface area contributed by atoms with Crippen LogP contribution >= 0.6 is 0 Å². The Kier molecular flexibility index (Phi) is 7.99. The molecule has 2 rings (SSSR count). The number of carbonyl (C=O) groups is 3. The number of carbonyl (C=O) groups excluding carboxylic acids is 3. The van der Waals surface area contributed by atoms with E-state index in [-0.39, 0.29) is 37.0 Å². The van der Waals surface area contributed by atoms with Gasteiger partial charge in [-0.3, -0.25) is 9.59 Å². The van der Waals surface area contributed by atoms with Gasteiger partial charge in [-0.25, -0.2) is 9.18 Å². The largest absolute Gasteiger partial charge is 0.444 e. The smallest absolute Gasteiger partial charge is 0.407 e. The van der Waals surface area contributed by atoms with Gasteiger partial charge in [-0.1, -0.05) is 12.1 Å². The highest BCUT2D eigenvalue weighted by Crippen LogP contribution is 2.10. The molecule has 0 spiro atoms. The monoisotopic (exact) mass is 407 g/mol. The summed E-state index contributed by atoms with van der Waals surface area (Å²) in [6, 6.07) is 5.91. The molecule has 160 valence electrons. The van der Waals surface area contributed by atoms with Crippen molar-refractivity contribution < 1.29 is 23.5 Å². The topological polar surface area (TPSA) is 79.0 Å². The lowest BCUT2D eigenvalue weighted by Crippen LogP contribution is -2.39. The number of rotatable bonds is 5. The van der Waals surface area contributed by atoms with Crippen LogP contribution < -0.4 is 5.32 Å². The van der Waals surface area contributed by atoms with Gasteiger partial charge in [0, 0.05) is 39.1 Å². The van der Waals surface area contributed by atoms with Crippen molar-refractivity contribution in [3.05, 3.63) is 35.6 Å². The summed E-state index contributed by atoms with van der Waals surface area (Å²) in [7, 11) is 0. The first-order valence-electron chi connectivity index (χ1n) is 9.91. The van der Waals surface area contributed by atoms with E-state index >= 15 is 0 Å². The number of alkyl carbamates (subject to hydrolysis) is 1. The van der Waals surface area contributed by atoms with Gasteiger partial charge >= 0.3 is 6.09 Å². The average molecular weight is 407 g/mol. The predicted octanol–water partition coefficient (Wildman–Crippen LogP) is 2.34. The number of hydrogen-bond acceptors (Lipinski definition) is 4. The molecule has 1 aliphatic rings. The van der Waals surface area contributed by atoms with E-state index in [9.17, 15) is 18.8 Å². The molecule has 1 N–H and O–H groups in total. The Balaban J connectivity index is 1.75. The molecule has 1 fully saturated rings. The molecule has 3 amide bonds. The summed E-state index contributed by atoms with van der Waals surface area (Å²) in [5.74, 6) is -0.419. The molecule has 7 nitrogen and oxygen atoms in total. The van der Waals surface area contributed by atoms with Gasteiger partial charge < -0.3 is 19.9 Å². The second-order valence-electron chi connectivity index (χ2n) is 8.10. The summed E-state index contributed by atoms with van der Waals surface area (Å²) >= 11 is 0. The first-order chi connectivity index (χ1) is 13.6. The number of nitrogens with zero attached hydrogens (tertiary/aromatic N) is 2. The molecule has 1 saturated heterocycles. The van der Waals surface area contributed by atoms with E-state index in [0.29, 0.717) is 32.6 Å². The minimum absolute atomic E-state index is 0.0301. The van der Waals surface area contributed by atoms with Gasteiger partial charge in [0.25, 0.3) is 0 Å². The standard InChI is InChI=1S/C21H30FN3O4/c1-21(2,3)29-20(28)23-10-9-18(26)24-11-4-12-25(14-13-24)19(27)15-16-5-7-17(22)8-6-16/h5-8H,4,9-15H2,1-3H3,(H,23,28). The molecule has 0 aliphatic carbocycles. The second-order valence-corrected chi connectivity index (χ2v) is 8.10. The van der Waals surface area contributed by atoms with Crippen molar-refractivity contribution in [2.75, 3.05) is 32.7 Å². The Labute approximate surface area is 171 Å². The molecule has 29 heavy (non-hydrogen) atoms. The number of halogens is 1. The van der Waals surface area contributed by atoms with Crippen LogP contribution in [0.4, 0.5) is 9.18 Å². The molecule has 0 radical (unpaired) electrons. The second kappa shape index (κ2) is 10.2. The number of nitrogens with one attached hydrogen (secondary N) is 1. The Bertz CT molecular complexity index is 716. The van der Waals surface area contributed by atoms with E-state index in [2.05, 4.69) is 5.32 Å². The lowest BCUT2D eigenvalue weighted by atomic mass is 10.1. The van der Waals surface area contributed by atoms with Crippen molar-refractivity contribution >= 4 is 17.9 Å². The molecule has 1 aromatic carbocycles. The van der Waals surface area contributed by atoms with Gasteiger partial charge in [0.1, 0.15) is 11.4 Å². The van der Waals surface area contributed by atoms with Crippen LogP contribution in [-0.4, -0.2) is 66.0 Å². The summed E-state index contributed by atoms with van der Waals surface area (Å²) in [6.45, 7) is 7.61. The molecule has 1 heterocycles. The number of amides is 3. The summed E-state index contributed by atoms with van der Waals surface area (Å²) in [6.07, 6.45) is 0.552. The van der Waals surface area contributed by atoms with E-state index < -0.39 is 11.7 Å². The van der Waals surface area contributed by atoms with Crippen LogP contribution in [0.25, 0.3) is 0 Å². The first-order valence-corrected chi connectivity index (χ1v) is 9.91. The maximum Gasteiger partial charge on any atom is 0.407 e. The molecule has 1 aromatic rings. The lowest BCUT2D eigenvalue weighted by molar-refractivity contribution is -0.133. The van der Waals surface area contributed by atoms with E-state index in [1.165, 1.54) is 12.1 Å². The molecule has 0 atom stereocenters. The SMILES string of the molecule is CC(C)(C)OC(=O)NCCC(=O)N1CCCN(C(=O)Cc2ccc(F)cc2)CC1. The zero-order valence-electron chi connectivity index (χ0n) is 17.4. The van der Waals surface area contributed by atoms with Crippen LogP contribution in [0.5, 0.6) is 0 Å². The van der Waals surface area contributed by atoms with Gasteiger partial charge in [-0.15, -0.1) is 0 Å². The molecule has 0 saturated carbocycles. The summed E-state index contributed by atoms with van der Waals surface area (Å²) < 4.78 is 18.1. The summed E-state index contributed by atoms with van der Waals surface area (Å²) in [5, 5.41) is 2.58. The Morgan fingerprint density at radius 3 is 2.17 bits per heavy atom. The van der Waals surface area contributed by atoms with Gasteiger partial charge in [0.2, 0.25) is 11.8 Å². The van der Waals surface area contributed by atoms with E-state index in [1.807, 2.05) is 0 Å². The molecular weight excluding hydrogens is 377 g/mol. The van der Waals surface area contributed by atoms with Gasteiger partial charge in [0.15, 0.2) is 0 Å². The van der Waals surface area contributed by atoms with E-state index in [1.54, 1.807) is 42.7 Å². The molecule has 8 heteroatoms. The fraction of sp³-hybridized carbons (Fsp3) is 0.571. The van der Waals surface area contributed by atoms with Crippen molar-refractivity contribution in [3.8, 4) is 0 Å². The third-order valence-corrected chi connectivity index (χ3v) is 4.48. The van der Waals surface area contributed by atoms with Crippen LogP contribution in [0, 0.1) is 5.82 Å². The van der Waals surface area contributed by atoms with E-state index in [0.717, 1.165) is 5.56 Å². The molecule has 1 aliphatic heterocycles. The normalized spacial score (nSPS) is 14.9. The molecule has 0 aromatic heterocycles. The van der Waals surface area contributed by atoms with Crippen molar-refractivity contribution in [1.29, 1.82) is 0 Å². The van der Waals surface area contributed by atoms with Crippen LogP contribution in [-0.2, 0) is 20.7 Å². The predicted molar refractivity (Wildman–Crippen MR) is 107 cm³/mol. The third-order valence-electron chi connectivity index (χ3n) is 4.48. The zero-order chi connectivity index (χ0) is 21.4. The molecular formula is C21H30FN3O4. The van der Waals surface area contributed by atoms with Crippen LogP contribution in [0.3, 0.4) is 0 Å². The maximum atomic E-state index is 13.0. The van der Waals surface area contributed by atoms with Crippen molar-refractivity contribution in [2.45, 2.75) is 45.6 Å². The maximum absolute atomic E-state index is 13.0. The fourth-order valence-electron chi connectivity index (χ4n) is 3.05. The van der Waals surface area contributed by atoms with Gasteiger partial charge in [-0.05, 0) is 44.9 Å². The van der Waals surface area contributed by atoms with Crippen LogP contribution in [0.15, 0.2) is 24.3 Å². The minimum atomic E-state index is -0.581. The molecule has 0 bridgehead atoms. The Morgan fingerprint density at radius 2 is 1.59 bits per heavy atom. The summed E-state index contributed by atoms with van der Waals surface area (Å²) in [5.41, 5.74) is 0.185. The third kappa shape index (κ3) is 8.09. The Morgan fingerprint density at radius 1 is 1.00 bits per heavy atom. The van der Waals surface area contributed by atoms with Gasteiger partial charge in [-0.2, -0.15) is 0 Å². The zero-order valence-corrected chi connectivity index (χ0v) is 17.4. The lowest BCUT2D eigenvalue weighted by Gasteiger charge is -2.23. The van der Waals surface area contributed by atoms with Crippen LogP contribution in [0.2, 0.25) is 0 Å². The van der Waals surface area contributed by atoms with E-state index in [4.69, 9.17) is 4.74 Å². The van der Waals surface area contributed by atoms with Crippen LogP contribution in [0.1, 0.15) is 39.2 Å². The highest BCUT2D eigenvalue weighted by atomic mass is 19.1. The highest BCUT2D eigenvalue weighted by molar-refractivity contribution is 5.79. The fourth-order valence-corrected chi connectivity index (χ4v) is 3.05. The number of hydrogen-bond donors (Lipinski definition) is 1. The first kappa shape index (κ1) is 22.6. The number of ether oxygens (including phenoxy) is 1. The van der Waals surface area contributed by atoms with Crippen molar-refractivity contribution in [2.24, 2.45) is 0 Å². The van der Waals surface area contributed by atoms with Gasteiger partial charge in [0.05, 0.1) is 6.42 Å². The summed E-state index contributed by atoms with van der Waals surface area (Å²) in [4.78, 5) is 40.0. The quantitative estimate of drug-likeness (QED) is 0.813. The minimum Gasteiger partial charge on any atom is -0.444 e.